The third-order valence-electron chi connectivity index (χ3n) is 0.784. The second-order valence-electron chi connectivity index (χ2n) is 1.51. The first-order valence-corrected chi connectivity index (χ1v) is 5.36. The fourth-order valence-electron chi connectivity index (χ4n) is 0.304. The summed E-state index contributed by atoms with van der Waals surface area (Å²) in [6.07, 6.45) is 2.54. The fraction of sp³-hybridized carbons (Fsp3) is 0.800. The van der Waals surface area contributed by atoms with Crippen LogP contribution in [0.2, 0.25) is 11.1 Å². The zero-order chi connectivity index (χ0) is 6.41. The van der Waals surface area contributed by atoms with Crippen LogP contribution in [0, 0.1) is 0 Å². The molecule has 1 radical (unpaired) electrons. The predicted octanol–water partition coefficient (Wildman–Crippen LogP) is -0.0159. The van der Waals surface area contributed by atoms with Crippen molar-refractivity contribution in [3.05, 3.63) is 0 Å². The van der Waals surface area contributed by atoms with Crippen molar-refractivity contribution in [1.29, 1.82) is 0 Å². The molecule has 0 amide bonds. The molecule has 0 bridgehead atoms. The third-order valence-corrected chi connectivity index (χ3v) is 2.14. The Morgan fingerprint density at radius 1 is 1.88 bits per heavy atom. The standard InChI is InChI=1S/C5H10NOSe/c1-8-3-2-5(6)4-7/h5H,2-3,6H2,1H3/t5-/m0/s1. The first-order valence-electron chi connectivity index (χ1n) is 2.43. The monoisotopic (exact) mass is 180 g/mol. The quantitative estimate of drug-likeness (QED) is 0.616. The predicted molar refractivity (Wildman–Crippen MR) is 34.7 cm³/mol. The van der Waals surface area contributed by atoms with Crippen molar-refractivity contribution in [1.82, 2.24) is 0 Å². The van der Waals surface area contributed by atoms with Crippen LogP contribution in [0.5, 0.6) is 0 Å². The molecule has 0 aromatic rings. The molecule has 0 aliphatic heterocycles. The van der Waals surface area contributed by atoms with Crippen LogP contribution in [0.3, 0.4) is 0 Å². The van der Waals surface area contributed by atoms with Crippen LogP contribution < -0.4 is 5.73 Å². The van der Waals surface area contributed by atoms with Gasteiger partial charge in [-0.2, -0.15) is 0 Å². The summed E-state index contributed by atoms with van der Waals surface area (Å²) < 4.78 is 0. The molecule has 0 spiro atoms. The first-order chi connectivity index (χ1) is 3.81. The van der Waals surface area contributed by atoms with Gasteiger partial charge in [-0.15, -0.1) is 0 Å². The van der Waals surface area contributed by atoms with Gasteiger partial charge in [-0.05, 0) is 0 Å². The molecule has 0 fully saturated rings. The van der Waals surface area contributed by atoms with Crippen LogP contribution in [-0.4, -0.2) is 27.3 Å². The molecule has 0 aliphatic carbocycles. The molecule has 1 atom stereocenters. The Labute approximate surface area is 56.0 Å². The molecule has 0 saturated heterocycles. The Kier molecular flexibility index (Phi) is 5.39. The Hall–Kier alpha value is 0.149. The van der Waals surface area contributed by atoms with Gasteiger partial charge in [0.05, 0.1) is 0 Å². The molecule has 8 heavy (non-hydrogen) atoms. The maximum absolute atomic E-state index is 9.77. The SMILES string of the molecule is C[Se]CC[C@H](N)[C]=O. The summed E-state index contributed by atoms with van der Waals surface area (Å²) in [5.74, 6) is 2.13. The fourth-order valence-corrected chi connectivity index (χ4v) is 1.33. The van der Waals surface area contributed by atoms with Gasteiger partial charge in [0.15, 0.2) is 0 Å². The maximum atomic E-state index is 9.77. The summed E-state index contributed by atoms with van der Waals surface area (Å²) in [4.78, 5) is 9.77. The van der Waals surface area contributed by atoms with Crippen molar-refractivity contribution in [3.8, 4) is 0 Å². The van der Waals surface area contributed by atoms with Gasteiger partial charge in [0.1, 0.15) is 0 Å². The molecule has 47 valence electrons. The zero-order valence-corrected chi connectivity index (χ0v) is 6.60. The van der Waals surface area contributed by atoms with Gasteiger partial charge in [-0.1, -0.05) is 0 Å². The number of hydrogen-bond donors (Lipinski definition) is 1. The molecular weight excluding hydrogens is 169 g/mol. The summed E-state index contributed by atoms with van der Waals surface area (Å²) in [5, 5.41) is 1.09. The van der Waals surface area contributed by atoms with E-state index in [1.54, 1.807) is 6.29 Å². The van der Waals surface area contributed by atoms with Crippen molar-refractivity contribution >= 4 is 21.2 Å². The molecule has 0 heterocycles. The van der Waals surface area contributed by atoms with Crippen LogP contribution in [0.4, 0.5) is 0 Å². The Morgan fingerprint density at radius 3 is 2.88 bits per heavy atom. The average molecular weight is 179 g/mol. The molecule has 2 nitrogen and oxygen atoms in total. The molecule has 0 rings (SSSR count). The third kappa shape index (κ3) is 4.31. The van der Waals surface area contributed by atoms with E-state index in [9.17, 15) is 4.79 Å². The van der Waals surface area contributed by atoms with Gasteiger partial charge in [0.2, 0.25) is 0 Å². The van der Waals surface area contributed by atoms with Gasteiger partial charge in [-0.3, -0.25) is 0 Å². The van der Waals surface area contributed by atoms with E-state index in [-0.39, 0.29) is 6.04 Å². The number of rotatable bonds is 4. The normalized spacial score (nSPS) is 13.2. The summed E-state index contributed by atoms with van der Waals surface area (Å²) in [6.45, 7) is 0. The molecular formula is C5H10NOSe. The van der Waals surface area contributed by atoms with E-state index in [1.807, 2.05) is 0 Å². The molecule has 0 aliphatic rings. The zero-order valence-electron chi connectivity index (χ0n) is 4.89. The number of hydrogen-bond acceptors (Lipinski definition) is 2. The molecule has 0 aromatic heterocycles. The topological polar surface area (TPSA) is 43.1 Å². The van der Waals surface area contributed by atoms with Gasteiger partial charge in [-0.25, -0.2) is 0 Å². The van der Waals surface area contributed by atoms with Crippen LogP contribution in [0.25, 0.3) is 0 Å². The molecule has 0 saturated carbocycles. The summed E-state index contributed by atoms with van der Waals surface area (Å²) in [6, 6.07) is -0.336. The number of nitrogens with two attached hydrogens (primary N) is 1. The van der Waals surface area contributed by atoms with Gasteiger partial charge in [0, 0.05) is 0 Å². The van der Waals surface area contributed by atoms with Crippen molar-refractivity contribution < 1.29 is 4.79 Å². The van der Waals surface area contributed by atoms with E-state index in [0.717, 1.165) is 11.7 Å². The van der Waals surface area contributed by atoms with Crippen LogP contribution in [0.15, 0.2) is 0 Å². The van der Waals surface area contributed by atoms with Gasteiger partial charge >= 0.3 is 55.4 Å². The van der Waals surface area contributed by atoms with Crippen LogP contribution in [-0.2, 0) is 4.79 Å². The Bertz CT molecular complexity index is 67.4. The van der Waals surface area contributed by atoms with E-state index in [4.69, 9.17) is 5.73 Å². The summed E-state index contributed by atoms with van der Waals surface area (Å²) >= 11 is 0.647. The molecule has 3 heteroatoms. The van der Waals surface area contributed by atoms with Crippen molar-refractivity contribution in [2.75, 3.05) is 0 Å². The van der Waals surface area contributed by atoms with Crippen LogP contribution in [0.1, 0.15) is 6.42 Å². The summed E-state index contributed by atoms with van der Waals surface area (Å²) in [5.41, 5.74) is 5.25. The Morgan fingerprint density at radius 2 is 2.50 bits per heavy atom. The van der Waals surface area contributed by atoms with Crippen LogP contribution >= 0.6 is 0 Å². The van der Waals surface area contributed by atoms with Crippen molar-refractivity contribution in [2.45, 2.75) is 23.6 Å². The Balaban J connectivity index is 2.98. The second kappa shape index (κ2) is 5.29. The first kappa shape index (κ1) is 8.15. The molecule has 2 N–H and O–H groups in total. The average Bonchev–Trinajstić information content (AvgIpc) is 1.83. The van der Waals surface area contributed by atoms with Gasteiger partial charge in [0.25, 0.3) is 0 Å². The van der Waals surface area contributed by atoms with Gasteiger partial charge < -0.3 is 0 Å². The van der Waals surface area contributed by atoms with Crippen molar-refractivity contribution in [3.63, 3.8) is 0 Å². The number of carbonyl (C=O) groups excluding carboxylic acids is 1. The minimum atomic E-state index is -0.336. The molecule has 0 unspecified atom stereocenters. The van der Waals surface area contributed by atoms with E-state index in [0.29, 0.717) is 15.0 Å². The van der Waals surface area contributed by atoms with E-state index in [2.05, 4.69) is 5.82 Å². The van der Waals surface area contributed by atoms with E-state index < -0.39 is 0 Å². The van der Waals surface area contributed by atoms with Crippen molar-refractivity contribution in [2.24, 2.45) is 5.73 Å². The van der Waals surface area contributed by atoms with E-state index >= 15 is 0 Å². The van der Waals surface area contributed by atoms with E-state index in [1.165, 1.54) is 0 Å². The minimum absolute atomic E-state index is 0.336. The molecule has 0 aromatic carbocycles. The second-order valence-corrected chi connectivity index (χ2v) is 3.57. The summed E-state index contributed by atoms with van der Waals surface area (Å²) in [7, 11) is 0.